The fraction of sp³-hybridized carbons (Fsp3) is 0.350. The molecule has 2 aromatic rings. The first-order valence-electron chi connectivity index (χ1n) is 9.17. The standard InChI is InChI=1S/C9H9NO3.C9H10O.C2H4O2.HNO3/c1-6-4-7-2-3-13-9(7)5-8(6)10(11)12;1-7-2-3-9-8(6-7)4-5-10-9;1-2(3)4;2-1(3)4/h4-5H,2-3H2,1H3;2-3,6H,4-5H2,1H3;1H3,(H,3,4);(H,2,3,4). The molecule has 11 heteroatoms. The average Bonchev–Trinajstić information content (AvgIpc) is 3.28. The van der Waals surface area contributed by atoms with Crippen LogP contribution in [-0.4, -0.2) is 39.5 Å². The molecule has 0 aromatic heterocycles. The van der Waals surface area contributed by atoms with Gasteiger partial charge >= 0.3 is 0 Å². The van der Waals surface area contributed by atoms with Gasteiger partial charge in [-0.15, -0.1) is 10.1 Å². The predicted octanol–water partition coefficient (Wildman–Crippen LogP) is 3.51. The van der Waals surface area contributed by atoms with E-state index in [0.29, 0.717) is 17.9 Å². The van der Waals surface area contributed by atoms with Gasteiger partial charge in [-0.1, -0.05) is 17.7 Å². The monoisotopic (exact) mass is 436 g/mol. The predicted molar refractivity (Wildman–Crippen MR) is 110 cm³/mol. The van der Waals surface area contributed by atoms with Gasteiger partial charge in [0.2, 0.25) is 0 Å². The molecule has 2 aromatic carbocycles. The summed E-state index contributed by atoms with van der Waals surface area (Å²) in [5.41, 5.74) is 4.60. The molecule has 0 fully saturated rings. The van der Waals surface area contributed by atoms with Crippen molar-refractivity contribution in [3.05, 3.63) is 72.8 Å². The molecule has 0 radical (unpaired) electrons. The van der Waals surface area contributed by atoms with Crippen LogP contribution in [0.1, 0.15) is 29.2 Å². The number of fused-ring (bicyclic) bond motifs is 2. The lowest BCUT2D eigenvalue weighted by atomic mass is 10.1. The molecule has 4 rings (SSSR count). The maximum atomic E-state index is 10.6. The van der Waals surface area contributed by atoms with Gasteiger partial charge in [-0.05, 0) is 37.1 Å². The molecule has 0 spiro atoms. The van der Waals surface area contributed by atoms with Crippen LogP contribution in [0.25, 0.3) is 0 Å². The van der Waals surface area contributed by atoms with Gasteiger partial charge in [0.25, 0.3) is 16.7 Å². The molecular weight excluding hydrogens is 412 g/mol. The molecule has 0 atom stereocenters. The molecular formula is C20H24N2O9. The second-order valence-electron chi connectivity index (χ2n) is 6.57. The van der Waals surface area contributed by atoms with Crippen molar-refractivity contribution in [3.63, 3.8) is 0 Å². The summed E-state index contributed by atoms with van der Waals surface area (Å²) in [6.45, 7) is 6.43. The highest BCUT2D eigenvalue weighted by molar-refractivity contribution is 5.63. The lowest BCUT2D eigenvalue weighted by Gasteiger charge is -2.00. The number of aryl methyl sites for hydroxylation is 2. The Balaban J connectivity index is 0.000000236. The van der Waals surface area contributed by atoms with Crippen molar-refractivity contribution in [1.29, 1.82) is 0 Å². The Labute approximate surface area is 178 Å². The third-order valence-corrected chi connectivity index (χ3v) is 4.05. The number of nitro groups is 1. The number of aliphatic carboxylic acids is 1. The molecule has 2 aliphatic heterocycles. The van der Waals surface area contributed by atoms with E-state index in [-0.39, 0.29) is 10.6 Å². The van der Waals surface area contributed by atoms with Crippen LogP contribution in [0.5, 0.6) is 11.5 Å². The lowest BCUT2D eigenvalue weighted by molar-refractivity contribution is -0.742. The summed E-state index contributed by atoms with van der Waals surface area (Å²) in [4.78, 5) is 27.6. The summed E-state index contributed by atoms with van der Waals surface area (Å²) in [6.07, 6.45) is 1.94. The fourth-order valence-corrected chi connectivity index (χ4v) is 2.85. The Morgan fingerprint density at radius 1 is 0.968 bits per heavy atom. The maximum Gasteiger partial charge on any atom is 0.300 e. The van der Waals surface area contributed by atoms with Gasteiger partial charge in [-0.3, -0.25) is 14.9 Å². The van der Waals surface area contributed by atoms with Gasteiger partial charge < -0.3 is 19.8 Å². The SMILES string of the molecule is CC(=O)O.Cc1cc2c(cc1[N+](=O)[O-])OCC2.Cc1ccc2c(c1)CCO2.O=[N+]([O-])O. The molecule has 2 heterocycles. The van der Waals surface area contributed by atoms with E-state index in [1.165, 1.54) is 17.2 Å². The quantitative estimate of drug-likeness (QED) is 0.503. The number of carbonyl (C=O) groups is 1. The normalized spacial score (nSPS) is 12.0. The highest BCUT2D eigenvalue weighted by Gasteiger charge is 2.19. The number of nitrogens with zero attached hydrogens (tertiary/aromatic N) is 2. The third-order valence-electron chi connectivity index (χ3n) is 4.05. The number of hydrogen-bond acceptors (Lipinski definition) is 7. The number of hydrogen-bond donors (Lipinski definition) is 2. The van der Waals surface area contributed by atoms with Crippen LogP contribution in [-0.2, 0) is 17.6 Å². The van der Waals surface area contributed by atoms with Gasteiger partial charge in [-0.2, -0.15) is 0 Å². The molecule has 0 amide bonds. The van der Waals surface area contributed by atoms with Crippen LogP contribution < -0.4 is 9.47 Å². The Kier molecular flexibility index (Phi) is 9.70. The first-order chi connectivity index (χ1) is 14.5. The van der Waals surface area contributed by atoms with E-state index in [2.05, 4.69) is 25.1 Å². The van der Waals surface area contributed by atoms with E-state index in [1.807, 2.05) is 6.07 Å². The highest BCUT2D eigenvalue weighted by atomic mass is 16.9. The molecule has 0 saturated carbocycles. The zero-order valence-corrected chi connectivity index (χ0v) is 17.4. The number of nitro benzene ring substituents is 1. The number of benzene rings is 2. The van der Waals surface area contributed by atoms with Crippen molar-refractivity contribution < 1.29 is 34.6 Å². The van der Waals surface area contributed by atoms with Crippen LogP contribution in [0, 0.1) is 34.1 Å². The summed E-state index contributed by atoms with van der Waals surface area (Å²) < 4.78 is 10.6. The largest absolute Gasteiger partial charge is 0.493 e. The minimum Gasteiger partial charge on any atom is -0.493 e. The molecule has 2 N–H and O–H groups in total. The Hall–Kier alpha value is -3.89. The second kappa shape index (κ2) is 12.0. The Morgan fingerprint density at radius 3 is 1.97 bits per heavy atom. The molecule has 0 saturated heterocycles. The van der Waals surface area contributed by atoms with E-state index in [1.54, 1.807) is 6.92 Å². The van der Waals surface area contributed by atoms with Crippen LogP contribution >= 0.6 is 0 Å². The third kappa shape index (κ3) is 8.98. The van der Waals surface area contributed by atoms with Gasteiger partial charge in [0.1, 0.15) is 11.5 Å². The van der Waals surface area contributed by atoms with Crippen molar-refractivity contribution >= 4 is 11.7 Å². The zero-order valence-electron chi connectivity index (χ0n) is 17.4. The molecule has 0 aliphatic carbocycles. The molecule has 168 valence electrons. The van der Waals surface area contributed by atoms with Crippen LogP contribution in [0.4, 0.5) is 5.69 Å². The molecule has 0 bridgehead atoms. The highest BCUT2D eigenvalue weighted by Crippen LogP contribution is 2.32. The maximum absolute atomic E-state index is 10.6. The van der Waals surface area contributed by atoms with Gasteiger partial charge in [0, 0.05) is 25.3 Å². The number of ether oxygens (including phenoxy) is 2. The number of carboxylic acid groups (broad SMARTS) is 1. The van der Waals surface area contributed by atoms with E-state index in [0.717, 1.165) is 37.7 Å². The van der Waals surface area contributed by atoms with E-state index < -0.39 is 11.1 Å². The van der Waals surface area contributed by atoms with E-state index >= 15 is 0 Å². The second-order valence-corrected chi connectivity index (χ2v) is 6.57. The van der Waals surface area contributed by atoms with E-state index in [4.69, 9.17) is 34.7 Å². The van der Waals surface area contributed by atoms with Gasteiger partial charge in [-0.25, -0.2) is 0 Å². The first-order valence-corrected chi connectivity index (χ1v) is 9.17. The summed E-state index contributed by atoms with van der Waals surface area (Å²) in [6, 6.07) is 9.68. The van der Waals surface area contributed by atoms with Crippen LogP contribution in [0.15, 0.2) is 30.3 Å². The van der Waals surface area contributed by atoms with E-state index in [9.17, 15) is 10.1 Å². The summed E-state index contributed by atoms with van der Waals surface area (Å²) in [5, 5.41) is 31.6. The zero-order chi connectivity index (χ0) is 23.6. The van der Waals surface area contributed by atoms with Crippen LogP contribution in [0.2, 0.25) is 0 Å². The first kappa shape index (κ1) is 25.1. The van der Waals surface area contributed by atoms with Crippen LogP contribution in [0.3, 0.4) is 0 Å². The molecule has 2 aliphatic rings. The van der Waals surface area contributed by atoms with Crippen molar-refractivity contribution in [3.8, 4) is 11.5 Å². The fourth-order valence-electron chi connectivity index (χ4n) is 2.85. The Morgan fingerprint density at radius 2 is 1.45 bits per heavy atom. The van der Waals surface area contributed by atoms with Gasteiger partial charge in [0.05, 0.1) is 24.2 Å². The molecule has 11 nitrogen and oxygen atoms in total. The molecule has 0 unspecified atom stereocenters. The smallest absolute Gasteiger partial charge is 0.300 e. The minimum atomic E-state index is -1.50. The lowest BCUT2D eigenvalue weighted by Crippen LogP contribution is -1.92. The van der Waals surface area contributed by atoms with Crippen molar-refractivity contribution in [2.75, 3.05) is 13.2 Å². The molecule has 31 heavy (non-hydrogen) atoms. The van der Waals surface area contributed by atoms with Gasteiger partial charge in [0.15, 0.2) is 0 Å². The van der Waals surface area contributed by atoms with Crippen molar-refractivity contribution in [2.24, 2.45) is 0 Å². The van der Waals surface area contributed by atoms with Crippen molar-refractivity contribution in [1.82, 2.24) is 0 Å². The Bertz CT molecular complexity index is 924. The average molecular weight is 436 g/mol. The summed E-state index contributed by atoms with van der Waals surface area (Å²) in [7, 11) is 0. The summed E-state index contributed by atoms with van der Waals surface area (Å²) >= 11 is 0. The summed E-state index contributed by atoms with van der Waals surface area (Å²) in [5.74, 6) is 0.905. The number of rotatable bonds is 1. The topological polar surface area (TPSA) is 162 Å². The minimum absolute atomic E-state index is 0.139. The van der Waals surface area contributed by atoms with Crippen molar-refractivity contribution in [2.45, 2.75) is 33.6 Å². The number of carboxylic acids is 1.